The first-order chi connectivity index (χ1) is 8.76. The van der Waals surface area contributed by atoms with E-state index >= 15 is 0 Å². The van der Waals surface area contributed by atoms with E-state index in [4.69, 9.17) is 11.5 Å². The summed E-state index contributed by atoms with van der Waals surface area (Å²) in [5.41, 5.74) is 15.2. The van der Waals surface area contributed by atoms with Gasteiger partial charge in [0.1, 0.15) is 0 Å². The van der Waals surface area contributed by atoms with E-state index in [-0.39, 0.29) is 5.95 Å². The van der Waals surface area contributed by atoms with Crippen LogP contribution in [0.3, 0.4) is 0 Å². The lowest BCUT2D eigenvalue weighted by Crippen LogP contribution is -1.95. The summed E-state index contributed by atoms with van der Waals surface area (Å²) in [7, 11) is 0. The quantitative estimate of drug-likeness (QED) is 0.708. The molecule has 1 aromatic carbocycles. The molecule has 3 aromatic rings. The first-order valence-corrected chi connectivity index (χ1v) is 5.67. The van der Waals surface area contributed by atoms with Gasteiger partial charge in [0.05, 0.1) is 0 Å². The van der Waals surface area contributed by atoms with Crippen molar-refractivity contribution in [2.24, 2.45) is 5.73 Å². The van der Waals surface area contributed by atoms with Crippen LogP contribution in [-0.2, 0) is 6.54 Å². The number of hydrogen-bond acceptors (Lipinski definition) is 4. The molecule has 0 fully saturated rings. The van der Waals surface area contributed by atoms with Crippen LogP contribution >= 0.6 is 0 Å². The topological polar surface area (TPSA) is 82.2 Å². The van der Waals surface area contributed by atoms with Gasteiger partial charge in [0, 0.05) is 18.3 Å². The number of fused-ring (bicyclic) bond motifs is 1. The van der Waals surface area contributed by atoms with Crippen molar-refractivity contribution in [1.29, 1.82) is 0 Å². The minimum absolute atomic E-state index is 0.283. The molecular weight excluding hydrogens is 226 g/mol. The molecule has 0 amide bonds. The van der Waals surface area contributed by atoms with Crippen LogP contribution in [-0.4, -0.2) is 14.6 Å². The summed E-state index contributed by atoms with van der Waals surface area (Å²) in [6, 6.07) is 12.0. The van der Waals surface area contributed by atoms with E-state index in [1.807, 2.05) is 42.6 Å². The zero-order valence-corrected chi connectivity index (χ0v) is 9.74. The van der Waals surface area contributed by atoms with E-state index in [1.54, 1.807) is 4.52 Å². The first-order valence-electron chi connectivity index (χ1n) is 5.67. The van der Waals surface area contributed by atoms with Crippen LogP contribution in [0, 0.1) is 0 Å². The molecule has 2 heterocycles. The number of nitrogens with two attached hydrogens (primary N) is 2. The third-order valence-electron chi connectivity index (χ3n) is 2.87. The third kappa shape index (κ3) is 1.80. The van der Waals surface area contributed by atoms with Gasteiger partial charge in [0.15, 0.2) is 5.65 Å². The highest BCUT2D eigenvalue weighted by molar-refractivity contribution is 5.64. The van der Waals surface area contributed by atoms with E-state index in [0.29, 0.717) is 6.54 Å². The van der Waals surface area contributed by atoms with E-state index < -0.39 is 0 Å². The Bertz CT molecular complexity index is 684. The number of nitrogens with zero attached hydrogens (tertiary/aromatic N) is 3. The molecule has 0 saturated heterocycles. The zero-order chi connectivity index (χ0) is 12.5. The first kappa shape index (κ1) is 10.7. The summed E-state index contributed by atoms with van der Waals surface area (Å²) in [6.07, 6.45) is 1.91. The molecule has 0 spiro atoms. The van der Waals surface area contributed by atoms with Gasteiger partial charge in [-0.2, -0.15) is 4.98 Å². The Hall–Kier alpha value is -2.40. The number of hydrogen-bond donors (Lipinski definition) is 2. The van der Waals surface area contributed by atoms with E-state index in [2.05, 4.69) is 10.1 Å². The Morgan fingerprint density at radius 1 is 1.00 bits per heavy atom. The zero-order valence-electron chi connectivity index (χ0n) is 9.74. The lowest BCUT2D eigenvalue weighted by molar-refractivity contribution is 0.969. The second-order valence-corrected chi connectivity index (χ2v) is 4.09. The van der Waals surface area contributed by atoms with Crippen molar-refractivity contribution >= 4 is 11.6 Å². The van der Waals surface area contributed by atoms with Crippen LogP contribution in [0.25, 0.3) is 16.8 Å². The molecule has 90 valence electrons. The molecule has 3 rings (SSSR count). The van der Waals surface area contributed by atoms with Gasteiger partial charge in [0.25, 0.3) is 0 Å². The van der Waals surface area contributed by atoms with Gasteiger partial charge in [-0.25, -0.2) is 4.52 Å². The minimum Gasteiger partial charge on any atom is -0.366 e. The molecule has 0 unspecified atom stereocenters. The molecule has 0 atom stereocenters. The number of pyridine rings is 1. The van der Waals surface area contributed by atoms with Crippen molar-refractivity contribution < 1.29 is 0 Å². The number of benzene rings is 1. The molecule has 0 bridgehead atoms. The SMILES string of the molecule is NCc1ccc(-c2ccc3nc(N)nn3c2)cc1. The Labute approximate surface area is 104 Å². The molecule has 5 heteroatoms. The summed E-state index contributed by atoms with van der Waals surface area (Å²) < 4.78 is 1.68. The van der Waals surface area contributed by atoms with Crippen LogP contribution in [0.5, 0.6) is 0 Å². The lowest BCUT2D eigenvalue weighted by Gasteiger charge is -2.03. The van der Waals surface area contributed by atoms with Crippen LogP contribution in [0.15, 0.2) is 42.6 Å². The van der Waals surface area contributed by atoms with Crippen LogP contribution in [0.4, 0.5) is 5.95 Å². The van der Waals surface area contributed by atoms with Gasteiger partial charge in [-0.3, -0.25) is 0 Å². The van der Waals surface area contributed by atoms with Gasteiger partial charge in [-0.1, -0.05) is 24.3 Å². The molecule has 0 saturated carbocycles. The summed E-state index contributed by atoms with van der Waals surface area (Å²) in [5, 5.41) is 4.10. The minimum atomic E-state index is 0.283. The smallest absolute Gasteiger partial charge is 0.240 e. The average molecular weight is 239 g/mol. The summed E-state index contributed by atoms with van der Waals surface area (Å²) in [4.78, 5) is 4.09. The van der Waals surface area contributed by atoms with Crippen molar-refractivity contribution in [3.8, 4) is 11.1 Å². The van der Waals surface area contributed by atoms with E-state index in [0.717, 1.165) is 22.3 Å². The Morgan fingerprint density at radius 3 is 2.44 bits per heavy atom. The van der Waals surface area contributed by atoms with Crippen molar-refractivity contribution in [3.63, 3.8) is 0 Å². The highest BCUT2D eigenvalue weighted by atomic mass is 15.3. The Kier molecular flexibility index (Phi) is 2.46. The number of aromatic nitrogens is 3. The highest BCUT2D eigenvalue weighted by Gasteiger charge is 2.03. The maximum atomic E-state index is 5.58. The maximum absolute atomic E-state index is 5.58. The number of anilines is 1. The third-order valence-corrected chi connectivity index (χ3v) is 2.87. The van der Waals surface area contributed by atoms with E-state index in [9.17, 15) is 0 Å². The summed E-state index contributed by atoms with van der Waals surface area (Å²) in [5.74, 6) is 0.283. The molecule has 2 aromatic heterocycles. The predicted octanol–water partition coefficient (Wildman–Crippen LogP) is 1.44. The predicted molar refractivity (Wildman–Crippen MR) is 70.7 cm³/mol. The van der Waals surface area contributed by atoms with Gasteiger partial charge in [-0.05, 0) is 23.3 Å². The Morgan fingerprint density at radius 2 is 1.72 bits per heavy atom. The van der Waals surface area contributed by atoms with Crippen molar-refractivity contribution in [3.05, 3.63) is 48.2 Å². The van der Waals surface area contributed by atoms with Crippen molar-refractivity contribution in [1.82, 2.24) is 14.6 Å². The molecule has 5 nitrogen and oxygen atoms in total. The standard InChI is InChI=1S/C13H13N5/c14-7-9-1-3-10(4-2-9)11-5-6-12-16-13(15)17-18(12)8-11/h1-6,8H,7,14H2,(H2,15,17). The van der Waals surface area contributed by atoms with Crippen molar-refractivity contribution in [2.45, 2.75) is 6.54 Å². The lowest BCUT2D eigenvalue weighted by atomic mass is 10.1. The van der Waals surface area contributed by atoms with Gasteiger partial charge in [-0.15, -0.1) is 5.10 Å². The summed E-state index contributed by atoms with van der Waals surface area (Å²) in [6.45, 7) is 0.554. The monoisotopic (exact) mass is 239 g/mol. The van der Waals surface area contributed by atoms with Crippen molar-refractivity contribution in [2.75, 3.05) is 5.73 Å². The maximum Gasteiger partial charge on any atom is 0.240 e. The number of nitrogen functional groups attached to an aromatic ring is 1. The van der Waals surface area contributed by atoms with Crippen LogP contribution in [0.1, 0.15) is 5.56 Å². The molecule has 0 aliphatic heterocycles. The molecular formula is C13H13N5. The normalized spacial score (nSPS) is 10.9. The Balaban J connectivity index is 2.06. The summed E-state index contributed by atoms with van der Waals surface area (Å²) >= 11 is 0. The largest absolute Gasteiger partial charge is 0.366 e. The van der Waals surface area contributed by atoms with Gasteiger partial charge >= 0.3 is 0 Å². The fourth-order valence-corrected chi connectivity index (χ4v) is 1.90. The molecule has 0 radical (unpaired) electrons. The molecule has 4 N–H and O–H groups in total. The second kappa shape index (κ2) is 4.12. The highest BCUT2D eigenvalue weighted by Crippen LogP contribution is 2.20. The van der Waals surface area contributed by atoms with Gasteiger partial charge in [0.2, 0.25) is 5.95 Å². The fourth-order valence-electron chi connectivity index (χ4n) is 1.90. The number of rotatable bonds is 2. The fraction of sp³-hybridized carbons (Fsp3) is 0.0769. The van der Waals surface area contributed by atoms with Gasteiger partial charge < -0.3 is 11.5 Å². The molecule has 0 aliphatic carbocycles. The second-order valence-electron chi connectivity index (χ2n) is 4.09. The van der Waals surface area contributed by atoms with E-state index in [1.165, 1.54) is 0 Å². The van der Waals surface area contributed by atoms with Crippen LogP contribution < -0.4 is 11.5 Å². The average Bonchev–Trinajstić information content (AvgIpc) is 2.78. The molecule has 0 aliphatic rings. The molecule has 18 heavy (non-hydrogen) atoms. The van der Waals surface area contributed by atoms with Crippen LogP contribution in [0.2, 0.25) is 0 Å².